The van der Waals surface area contributed by atoms with E-state index >= 15 is 0 Å². The van der Waals surface area contributed by atoms with Crippen LogP contribution in [0.15, 0.2) is 10.7 Å². The first-order chi connectivity index (χ1) is 7.38. The van der Waals surface area contributed by atoms with Crippen molar-refractivity contribution in [1.29, 1.82) is 0 Å². The fourth-order valence-corrected chi connectivity index (χ4v) is 2.18. The minimum Gasteiger partial charge on any atom is -0.388 e. The zero-order valence-corrected chi connectivity index (χ0v) is 11.1. The Balaban J connectivity index is 2.07. The van der Waals surface area contributed by atoms with Gasteiger partial charge in [-0.3, -0.25) is 4.68 Å². The molecule has 0 radical (unpaired) electrons. The van der Waals surface area contributed by atoms with Gasteiger partial charge in [0.25, 0.3) is 0 Å². The Morgan fingerprint density at radius 3 is 2.75 bits per heavy atom. The summed E-state index contributed by atoms with van der Waals surface area (Å²) in [5, 5.41) is 23.8. The minimum atomic E-state index is -1.10. The van der Waals surface area contributed by atoms with Crippen molar-refractivity contribution >= 4 is 15.9 Å². The molecule has 0 aliphatic heterocycles. The molecule has 1 aromatic rings. The highest BCUT2D eigenvalue weighted by atomic mass is 79.9. The number of halogens is 1. The number of nitrogens with zero attached hydrogens (tertiary/aromatic N) is 2. The molecule has 1 atom stereocenters. The van der Waals surface area contributed by atoms with Gasteiger partial charge >= 0.3 is 0 Å². The molecule has 1 heterocycles. The molecule has 90 valence electrons. The maximum atomic E-state index is 9.77. The fourth-order valence-electron chi connectivity index (χ4n) is 1.54. The molecule has 1 aliphatic carbocycles. The van der Waals surface area contributed by atoms with Crippen molar-refractivity contribution in [2.75, 3.05) is 0 Å². The van der Waals surface area contributed by atoms with Gasteiger partial charge in [0.05, 0.1) is 22.3 Å². The van der Waals surface area contributed by atoms with Crippen molar-refractivity contribution in [3.63, 3.8) is 0 Å². The first kappa shape index (κ1) is 12.1. The van der Waals surface area contributed by atoms with E-state index in [4.69, 9.17) is 0 Å². The van der Waals surface area contributed by atoms with Crippen LogP contribution < -0.4 is 0 Å². The molecular formula is C11H17BrN2O2. The van der Waals surface area contributed by atoms with Gasteiger partial charge in [0.15, 0.2) is 0 Å². The summed E-state index contributed by atoms with van der Waals surface area (Å²) in [4.78, 5) is 0. The molecule has 0 bridgehead atoms. The largest absolute Gasteiger partial charge is 0.388 e. The lowest BCUT2D eigenvalue weighted by Gasteiger charge is -2.24. The maximum Gasteiger partial charge on any atom is 0.102 e. The number of rotatable bonds is 4. The van der Waals surface area contributed by atoms with Crippen LogP contribution in [0.3, 0.4) is 0 Å². The third kappa shape index (κ3) is 2.64. The van der Waals surface area contributed by atoms with Crippen molar-refractivity contribution in [3.05, 3.63) is 16.4 Å². The van der Waals surface area contributed by atoms with Crippen LogP contribution >= 0.6 is 15.9 Å². The van der Waals surface area contributed by atoms with Crippen molar-refractivity contribution in [1.82, 2.24) is 9.78 Å². The molecule has 16 heavy (non-hydrogen) atoms. The second-order valence-electron chi connectivity index (χ2n) is 5.03. The lowest BCUT2D eigenvalue weighted by Crippen LogP contribution is -2.39. The summed E-state index contributed by atoms with van der Waals surface area (Å²) in [5.41, 5.74) is -0.0269. The molecular weight excluding hydrogens is 272 g/mol. The average Bonchev–Trinajstić information content (AvgIpc) is 2.90. The van der Waals surface area contributed by atoms with Gasteiger partial charge in [-0.2, -0.15) is 5.10 Å². The minimum absolute atomic E-state index is 0.314. The third-order valence-corrected chi connectivity index (χ3v) is 3.49. The Labute approximate surface area is 103 Å². The molecule has 1 aliphatic rings. The molecule has 5 heteroatoms. The molecule has 0 unspecified atom stereocenters. The van der Waals surface area contributed by atoms with Gasteiger partial charge in [-0.1, -0.05) is 0 Å². The molecule has 0 saturated heterocycles. The quantitative estimate of drug-likeness (QED) is 0.886. The van der Waals surface area contributed by atoms with E-state index in [9.17, 15) is 10.2 Å². The lowest BCUT2D eigenvalue weighted by molar-refractivity contribution is -0.0566. The molecule has 1 aromatic heterocycles. The monoisotopic (exact) mass is 288 g/mol. The Kier molecular flexibility index (Phi) is 3.11. The van der Waals surface area contributed by atoms with E-state index < -0.39 is 11.7 Å². The summed E-state index contributed by atoms with van der Waals surface area (Å²) in [6, 6.07) is 0. The normalized spacial score (nSPS) is 18.8. The van der Waals surface area contributed by atoms with Crippen molar-refractivity contribution < 1.29 is 10.2 Å². The SMILES string of the molecule is CC(C)(O)[C@H](O)Cn1cc(Br)c(C2CC2)n1. The Bertz CT molecular complexity index is 380. The number of aliphatic hydroxyl groups is 2. The summed E-state index contributed by atoms with van der Waals surface area (Å²) in [5.74, 6) is 0.579. The predicted octanol–water partition coefficient (Wildman–Crippen LogP) is 1.65. The molecule has 2 rings (SSSR count). The summed E-state index contributed by atoms with van der Waals surface area (Å²) < 4.78 is 2.69. The van der Waals surface area contributed by atoms with Gasteiger partial charge in [0.1, 0.15) is 6.10 Å². The van der Waals surface area contributed by atoms with Gasteiger partial charge < -0.3 is 10.2 Å². The number of hydrogen-bond donors (Lipinski definition) is 2. The third-order valence-electron chi connectivity index (χ3n) is 2.88. The lowest BCUT2D eigenvalue weighted by atomic mass is 10.0. The van der Waals surface area contributed by atoms with Crippen molar-refractivity contribution in [3.8, 4) is 0 Å². The first-order valence-corrected chi connectivity index (χ1v) is 6.30. The van der Waals surface area contributed by atoms with Gasteiger partial charge in [-0.25, -0.2) is 0 Å². The number of aromatic nitrogens is 2. The summed E-state index contributed by atoms with van der Waals surface area (Å²) >= 11 is 3.47. The van der Waals surface area contributed by atoms with Crippen molar-refractivity contribution in [2.45, 2.75) is 50.9 Å². The predicted molar refractivity (Wildman–Crippen MR) is 64.2 cm³/mol. The first-order valence-electron chi connectivity index (χ1n) is 5.51. The van der Waals surface area contributed by atoms with Gasteiger partial charge in [0, 0.05) is 12.1 Å². The number of hydrogen-bond acceptors (Lipinski definition) is 3. The average molecular weight is 289 g/mol. The van der Waals surface area contributed by atoms with Crippen LogP contribution in [0.2, 0.25) is 0 Å². The van der Waals surface area contributed by atoms with Gasteiger partial charge in [-0.15, -0.1) is 0 Å². The van der Waals surface area contributed by atoms with Crippen molar-refractivity contribution in [2.24, 2.45) is 0 Å². The molecule has 1 saturated carbocycles. The van der Waals surface area contributed by atoms with E-state index in [0.717, 1.165) is 10.2 Å². The molecule has 0 spiro atoms. The van der Waals surface area contributed by atoms with E-state index in [1.165, 1.54) is 12.8 Å². The summed E-state index contributed by atoms with van der Waals surface area (Å²) in [6.07, 6.45) is 3.45. The Hall–Kier alpha value is -0.390. The van der Waals surface area contributed by atoms with E-state index in [0.29, 0.717) is 12.5 Å². The highest BCUT2D eigenvalue weighted by molar-refractivity contribution is 9.10. The highest BCUT2D eigenvalue weighted by Gasteiger charge is 2.30. The van der Waals surface area contributed by atoms with E-state index in [-0.39, 0.29) is 0 Å². The molecule has 0 amide bonds. The fraction of sp³-hybridized carbons (Fsp3) is 0.727. The van der Waals surface area contributed by atoms with Crippen LogP contribution in [-0.2, 0) is 6.54 Å². The molecule has 1 fully saturated rings. The van der Waals surface area contributed by atoms with E-state index in [1.54, 1.807) is 18.5 Å². The second kappa shape index (κ2) is 4.13. The standard InChI is InChI=1S/C11H17BrN2O2/c1-11(2,16)9(15)6-14-5-8(12)10(13-14)7-3-4-7/h5,7,9,15-16H,3-4,6H2,1-2H3/t9-/m1/s1. The van der Waals surface area contributed by atoms with Gasteiger partial charge in [-0.05, 0) is 42.6 Å². The van der Waals surface area contributed by atoms with E-state index in [1.807, 2.05) is 6.20 Å². The van der Waals surface area contributed by atoms with Crippen LogP contribution in [0, 0.1) is 0 Å². The summed E-state index contributed by atoms with van der Waals surface area (Å²) in [6.45, 7) is 3.50. The maximum absolute atomic E-state index is 9.77. The molecule has 2 N–H and O–H groups in total. The Morgan fingerprint density at radius 1 is 1.62 bits per heavy atom. The van der Waals surface area contributed by atoms with Crippen LogP contribution in [0.4, 0.5) is 0 Å². The van der Waals surface area contributed by atoms with Gasteiger partial charge in [0.2, 0.25) is 0 Å². The highest BCUT2D eigenvalue weighted by Crippen LogP contribution is 2.42. The molecule has 4 nitrogen and oxygen atoms in total. The second-order valence-corrected chi connectivity index (χ2v) is 5.88. The topological polar surface area (TPSA) is 58.3 Å². The smallest absolute Gasteiger partial charge is 0.102 e. The van der Waals surface area contributed by atoms with Crippen LogP contribution in [0.25, 0.3) is 0 Å². The zero-order chi connectivity index (χ0) is 11.9. The van der Waals surface area contributed by atoms with Crippen LogP contribution in [0.5, 0.6) is 0 Å². The number of aliphatic hydroxyl groups excluding tert-OH is 1. The van der Waals surface area contributed by atoms with Crippen LogP contribution in [0.1, 0.15) is 38.3 Å². The Morgan fingerprint density at radius 2 is 2.25 bits per heavy atom. The van der Waals surface area contributed by atoms with Crippen LogP contribution in [-0.4, -0.2) is 31.7 Å². The molecule has 0 aromatic carbocycles. The summed E-state index contributed by atoms with van der Waals surface area (Å²) in [7, 11) is 0. The zero-order valence-electron chi connectivity index (χ0n) is 9.52. The van der Waals surface area contributed by atoms with E-state index in [2.05, 4.69) is 21.0 Å².